The highest BCUT2D eigenvalue weighted by atomic mass is 32.2. The summed E-state index contributed by atoms with van der Waals surface area (Å²) >= 11 is 0. The molecule has 6 aliphatic rings. The van der Waals surface area contributed by atoms with E-state index in [-0.39, 0.29) is 17.7 Å². The van der Waals surface area contributed by atoms with Crippen molar-refractivity contribution in [3.8, 4) is 0 Å². The molecule has 4 aromatic heterocycles. The molecule has 0 bridgehead atoms. The fourth-order valence-corrected chi connectivity index (χ4v) is 15.9. The molecule has 87 heavy (non-hydrogen) atoms. The molecule has 3 amide bonds. The average Bonchev–Trinajstić information content (AvgIpc) is 2.16. The summed E-state index contributed by atoms with van der Waals surface area (Å²) in [7, 11) is -9.24. The first kappa shape index (κ1) is 61.1. The summed E-state index contributed by atoms with van der Waals surface area (Å²) in [6, 6.07) is 40.6. The van der Waals surface area contributed by atoms with Crippen LogP contribution in [0.15, 0.2) is 146 Å². The zero-order chi connectivity index (χ0) is 61.4. The molecule has 5 saturated heterocycles. The lowest BCUT2D eigenvalue weighted by atomic mass is 9.74. The van der Waals surface area contributed by atoms with Crippen LogP contribution in [0.25, 0.3) is 43.6 Å². The minimum Gasteiger partial charge on any atom is -0.361 e. The molecule has 5 fully saturated rings. The average molecular weight is 1240 g/mol. The quantitative estimate of drug-likeness (QED) is 0.102. The van der Waals surface area contributed by atoms with Gasteiger partial charge in [-0.25, -0.2) is 38.2 Å². The van der Waals surface area contributed by atoms with E-state index in [4.69, 9.17) is 0 Å². The van der Waals surface area contributed by atoms with Gasteiger partial charge in [0.25, 0.3) is 0 Å². The molecular formula is C65H76N10O9S3. The maximum atomic E-state index is 12.3. The smallest absolute Gasteiger partial charge is 0.235 e. The predicted octanol–water partition coefficient (Wildman–Crippen LogP) is 8.99. The van der Waals surface area contributed by atoms with Gasteiger partial charge in [0.15, 0.2) is 0 Å². The fourth-order valence-electron chi connectivity index (χ4n) is 13.2. The van der Waals surface area contributed by atoms with Gasteiger partial charge in [-0.2, -0.15) is 0 Å². The Morgan fingerprint density at radius 1 is 0.425 bits per heavy atom. The molecule has 6 aliphatic heterocycles. The van der Waals surface area contributed by atoms with Crippen LogP contribution in [0.5, 0.6) is 0 Å². The number of piperidine rings is 1. The largest absolute Gasteiger partial charge is 0.361 e. The Kier molecular flexibility index (Phi) is 17.5. The second-order valence-electron chi connectivity index (χ2n) is 23.9. The van der Waals surface area contributed by atoms with E-state index in [0.717, 1.165) is 61.3 Å². The Morgan fingerprint density at radius 3 is 1.20 bits per heavy atom. The van der Waals surface area contributed by atoms with Gasteiger partial charge in [-0.05, 0) is 83.8 Å². The molecule has 2 unspecified atom stereocenters. The molecule has 5 N–H and O–H groups in total. The summed E-state index contributed by atoms with van der Waals surface area (Å²) < 4.78 is 73.3. The van der Waals surface area contributed by atoms with Crippen LogP contribution in [0.1, 0.15) is 91.0 Å². The van der Waals surface area contributed by atoms with Crippen molar-refractivity contribution < 1.29 is 39.6 Å². The number of aromatic amines is 4. The lowest BCUT2D eigenvalue weighted by Gasteiger charge is -2.38. The van der Waals surface area contributed by atoms with Crippen molar-refractivity contribution in [1.29, 1.82) is 0 Å². The van der Waals surface area contributed by atoms with Gasteiger partial charge in [0.2, 0.25) is 47.8 Å². The number of nitrogens with zero attached hydrogens (tertiary/aromatic N) is 5. The highest BCUT2D eigenvalue weighted by molar-refractivity contribution is 7.88. The molecule has 0 radical (unpaired) electrons. The monoisotopic (exact) mass is 1240 g/mol. The van der Waals surface area contributed by atoms with Crippen molar-refractivity contribution in [3.05, 3.63) is 174 Å². The number of carbonyl (C=O) groups is 3. The molecule has 10 heterocycles. The molecule has 0 saturated carbocycles. The Morgan fingerprint density at radius 2 is 0.782 bits per heavy atom. The molecule has 458 valence electrons. The Bertz CT molecular complexity index is 4340. The maximum Gasteiger partial charge on any atom is 0.235 e. The first-order chi connectivity index (χ1) is 41.6. The van der Waals surface area contributed by atoms with Crippen LogP contribution in [0, 0.1) is 0 Å². The number of rotatable bonds is 7. The van der Waals surface area contributed by atoms with Crippen molar-refractivity contribution in [2.45, 2.75) is 68.6 Å². The van der Waals surface area contributed by atoms with Gasteiger partial charge in [-0.15, -0.1) is 0 Å². The number of hydrogen-bond donors (Lipinski definition) is 5. The minimum absolute atomic E-state index is 0.00171. The Balaban J connectivity index is 0.000000113. The lowest BCUT2D eigenvalue weighted by molar-refractivity contribution is -0.133. The number of amides is 3. The van der Waals surface area contributed by atoms with Crippen molar-refractivity contribution in [2.24, 2.45) is 0 Å². The van der Waals surface area contributed by atoms with Crippen LogP contribution in [0.2, 0.25) is 0 Å². The van der Waals surface area contributed by atoms with Crippen molar-refractivity contribution in [1.82, 2.24) is 42.7 Å². The molecular weight excluding hydrogens is 1160 g/mol. The molecule has 1 spiro atoms. The number of H-pyrrole nitrogens is 4. The normalized spacial score (nSPS) is 19.9. The summed E-state index contributed by atoms with van der Waals surface area (Å²) in [6.45, 7) is 9.97. The maximum absolute atomic E-state index is 12.3. The van der Waals surface area contributed by atoms with Gasteiger partial charge < -0.3 is 35.1 Å². The lowest BCUT2D eigenvalue weighted by Crippen LogP contribution is -2.47. The SMILES string of the molecule is CC(=O)N1CC(c2c[nH]c3ccccc23)C1.CC(=O)N1CCC(c2c[nH]c3ccccc23)C1.CS(=O)(=O)N1CC(c2c[nH]c3ccccc23)C1.CS(=O)(=O)N1CCC(c2c[nH]c3ccccc23)C1.CS(=O)(=O)N1CCC2(CC1)C(=O)Nc1ccccc12. The van der Waals surface area contributed by atoms with E-state index >= 15 is 0 Å². The molecule has 22 heteroatoms. The Hall–Kier alpha value is -7.60. The summed E-state index contributed by atoms with van der Waals surface area (Å²) in [6.07, 6.45) is 15.0. The van der Waals surface area contributed by atoms with E-state index in [1.54, 1.807) is 18.2 Å². The van der Waals surface area contributed by atoms with E-state index in [0.29, 0.717) is 75.8 Å². The van der Waals surface area contributed by atoms with E-state index in [2.05, 4.69) is 86.2 Å². The predicted molar refractivity (Wildman–Crippen MR) is 343 cm³/mol. The molecule has 19 nitrogen and oxygen atoms in total. The number of hydrogen-bond acceptors (Lipinski definition) is 9. The standard InChI is InChI=1S/C14H16N2O.C13H16N2O3S.C13H16N2O2S.C13H14N2O.C12H14N2O2S/c1-10(17)16-7-6-11(9-16)13-8-15-14-5-3-2-4-12(13)14;1-19(17,18)15-8-6-13(7-9-15)10-4-2-3-5-11(10)14-12(13)16;1-18(16,17)15-7-6-10(9-15)12-8-14-13-5-3-2-4-11(12)13;1-9(16)15-7-10(8-15)12-6-14-13-5-3-2-4-11(12)13;1-17(15,16)14-7-9(8-14)11-6-13-12-5-3-2-4-10(11)12/h2-5,8,11,15H,6-7,9H2,1H3;2-5H,6-9H2,1H3,(H,14,16);2-5,8,10,14H,6-7,9H2,1H3;2-6,10,14H,7-8H2,1H3;2-6,9,13H,7-8H2,1H3. The third kappa shape index (κ3) is 13.0. The third-order valence-corrected chi connectivity index (χ3v) is 22.1. The highest BCUT2D eigenvalue weighted by Crippen LogP contribution is 2.45. The number of anilines is 1. The van der Waals surface area contributed by atoms with E-state index < -0.39 is 35.5 Å². The molecule has 15 rings (SSSR count). The minimum atomic E-state index is -3.17. The summed E-state index contributed by atoms with van der Waals surface area (Å²) in [5.74, 6) is 1.97. The van der Waals surface area contributed by atoms with Crippen LogP contribution in [0.4, 0.5) is 5.69 Å². The zero-order valence-corrected chi connectivity index (χ0v) is 52.1. The second-order valence-corrected chi connectivity index (χ2v) is 29.8. The first-order valence-corrected chi connectivity index (χ1v) is 35.1. The number of nitrogens with one attached hydrogen (secondary N) is 5. The van der Waals surface area contributed by atoms with Crippen molar-refractivity contribution in [3.63, 3.8) is 0 Å². The van der Waals surface area contributed by atoms with Crippen molar-refractivity contribution in [2.75, 3.05) is 89.5 Å². The van der Waals surface area contributed by atoms with E-state index in [1.165, 1.54) is 82.2 Å². The van der Waals surface area contributed by atoms with Gasteiger partial charge in [-0.1, -0.05) is 91.0 Å². The number of para-hydroxylation sites is 5. The highest BCUT2D eigenvalue weighted by Gasteiger charge is 2.49. The number of benzene rings is 5. The number of likely N-dealkylation sites (tertiary alicyclic amines) is 2. The number of sulfonamides is 3. The van der Waals surface area contributed by atoms with Crippen LogP contribution in [-0.2, 0) is 49.9 Å². The van der Waals surface area contributed by atoms with Crippen LogP contribution in [-0.4, -0.2) is 170 Å². The summed E-state index contributed by atoms with van der Waals surface area (Å²) in [4.78, 5) is 51.6. The van der Waals surface area contributed by atoms with Gasteiger partial charge in [-0.3, -0.25) is 14.4 Å². The molecule has 2 atom stereocenters. The van der Waals surface area contributed by atoms with Gasteiger partial charge in [0.05, 0.1) is 24.2 Å². The zero-order valence-electron chi connectivity index (χ0n) is 49.7. The topological polar surface area (TPSA) is 245 Å². The van der Waals surface area contributed by atoms with Gasteiger partial charge in [0.1, 0.15) is 0 Å². The van der Waals surface area contributed by atoms with Gasteiger partial charge in [0, 0.05) is 177 Å². The first-order valence-electron chi connectivity index (χ1n) is 29.6. The third-order valence-electron chi connectivity index (χ3n) is 18.3. The van der Waals surface area contributed by atoms with Gasteiger partial charge >= 0.3 is 0 Å². The Labute approximate surface area is 508 Å². The summed E-state index contributed by atoms with van der Waals surface area (Å²) in [5, 5.41) is 7.89. The van der Waals surface area contributed by atoms with Crippen LogP contribution >= 0.6 is 0 Å². The number of fused-ring (bicyclic) bond motifs is 6. The van der Waals surface area contributed by atoms with Crippen molar-refractivity contribution >= 4 is 97.1 Å². The molecule has 0 aliphatic carbocycles. The fraction of sp³-hybridized carbons (Fsp3) is 0.369. The molecule has 9 aromatic rings. The second kappa shape index (κ2) is 24.9. The summed E-state index contributed by atoms with van der Waals surface area (Å²) in [5.41, 5.74) is 11.1. The number of aromatic nitrogens is 4. The van der Waals surface area contributed by atoms with E-state index in [9.17, 15) is 39.6 Å². The number of carbonyl (C=O) groups excluding carboxylic acids is 3. The van der Waals surface area contributed by atoms with Crippen LogP contribution in [0.3, 0.4) is 0 Å². The van der Waals surface area contributed by atoms with Crippen LogP contribution < -0.4 is 5.32 Å². The van der Waals surface area contributed by atoms with E-state index in [1.807, 2.05) is 95.0 Å². The molecule has 5 aromatic carbocycles.